The van der Waals surface area contributed by atoms with E-state index >= 15 is 0 Å². The Hall–Kier alpha value is -2.53. The maximum Gasteiger partial charge on any atom is 0.321 e. The zero-order chi connectivity index (χ0) is 22.9. The second-order valence-corrected chi connectivity index (χ2v) is 8.84. The number of urea groups is 1. The highest BCUT2D eigenvalue weighted by Gasteiger charge is 2.24. The molecule has 0 radical (unpaired) electrons. The molecule has 1 aliphatic heterocycles. The Morgan fingerprint density at radius 3 is 1.81 bits per heavy atom. The van der Waals surface area contributed by atoms with Gasteiger partial charge in [0.2, 0.25) is 0 Å². The molecule has 1 N–H and O–H groups in total. The van der Waals surface area contributed by atoms with Crippen LogP contribution in [0.5, 0.6) is 0 Å². The number of carbonyl (C=O) groups excluding carboxylic acids is 1. The second-order valence-electron chi connectivity index (χ2n) is 7.97. The molecular weight excluding hydrogens is 441 g/mol. The molecule has 4 rings (SSSR count). The van der Waals surface area contributed by atoms with Gasteiger partial charge in [-0.1, -0.05) is 83.9 Å². The van der Waals surface area contributed by atoms with E-state index in [9.17, 15) is 4.79 Å². The number of likely N-dealkylation sites (tertiary alicyclic amines) is 1. The third-order valence-corrected chi connectivity index (χ3v) is 5.99. The van der Waals surface area contributed by atoms with Crippen LogP contribution in [-0.2, 0) is 0 Å². The SMILES string of the molecule is CN1CCC(N(C)C(=O)Nc2cc(Cl)cc(Cl)c2)CC1.c1ccc(-c2ccccc2)cc1. The minimum absolute atomic E-state index is 0.127. The fourth-order valence-corrected chi connectivity index (χ4v) is 4.17. The summed E-state index contributed by atoms with van der Waals surface area (Å²) in [6.45, 7) is 2.04. The normalized spacial score (nSPS) is 14.2. The largest absolute Gasteiger partial charge is 0.325 e. The summed E-state index contributed by atoms with van der Waals surface area (Å²) in [7, 11) is 3.93. The van der Waals surface area contributed by atoms with E-state index in [1.807, 2.05) is 19.2 Å². The number of rotatable bonds is 3. The maximum atomic E-state index is 12.2. The van der Waals surface area contributed by atoms with Gasteiger partial charge in [0.15, 0.2) is 0 Å². The van der Waals surface area contributed by atoms with E-state index in [2.05, 4.69) is 65.8 Å². The molecule has 2 amide bonds. The number of piperidine rings is 1. The van der Waals surface area contributed by atoms with Gasteiger partial charge >= 0.3 is 6.03 Å². The van der Waals surface area contributed by atoms with Gasteiger partial charge in [-0.05, 0) is 62.3 Å². The third kappa shape index (κ3) is 7.27. The Morgan fingerprint density at radius 1 is 0.875 bits per heavy atom. The first-order valence-corrected chi connectivity index (χ1v) is 11.5. The molecule has 32 heavy (non-hydrogen) atoms. The van der Waals surface area contributed by atoms with Crippen molar-refractivity contribution in [3.05, 3.63) is 88.9 Å². The molecule has 3 aromatic rings. The topological polar surface area (TPSA) is 35.6 Å². The van der Waals surface area contributed by atoms with Crippen molar-refractivity contribution in [1.82, 2.24) is 9.80 Å². The highest BCUT2D eigenvalue weighted by molar-refractivity contribution is 6.35. The molecule has 1 heterocycles. The highest BCUT2D eigenvalue weighted by atomic mass is 35.5. The van der Waals surface area contributed by atoms with Crippen molar-refractivity contribution in [3.63, 3.8) is 0 Å². The van der Waals surface area contributed by atoms with Crippen LogP contribution in [0.25, 0.3) is 11.1 Å². The van der Waals surface area contributed by atoms with Crippen LogP contribution in [0.2, 0.25) is 10.0 Å². The van der Waals surface area contributed by atoms with E-state index in [1.165, 1.54) is 11.1 Å². The first kappa shape index (κ1) is 24.1. The molecule has 6 heteroatoms. The van der Waals surface area contributed by atoms with Crippen LogP contribution in [0.15, 0.2) is 78.9 Å². The standard InChI is InChI=1S/C14H19Cl2N3O.C12H10/c1-18-5-3-13(4-6-18)19(2)14(20)17-12-8-10(15)7-11(16)9-12;1-3-7-11(8-4-1)12-9-5-2-6-10-12/h7-9,13H,3-6H2,1-2H3,(H,17,20);1-10H. The second kappa shape index (κ2) is 11.9. The molecule has 0 atom stereocenters. The van der Waals surface area contributed by atoms with Crippen molar-refractivity contribution in [3.8, 4) is 11.1 Å². The number of halogens is 2. The molecular formula is C26H29Cl2N3O. The van der Waals surface area contributed by atoms with Crippen molar-refractivity contribution in [1.29, 1.82) is 0 Å². The van der Waals surface area contributed by atoms with Crippen molar-refractivity contribution in [2.45, 2.75) is 18.9 Å². The van der Waals surface area contributed by atoms with E-state index in [-0.39, 0.29) is 12.1 Å². The van der Waals surface area contributed by atoms with E-state index in [1.54, 1.807) is 23.1 Å². The molecule has 0 unspecified atom stereocenters. The predicted octanol–water partition coefficient (Wildman–Crippen LogP) is 6.90. The van der Waals surface area contributed by atoms with Crippen LogP contribution in [0.3, 0.4) is 0 Å². The number of amides is 2. The lowest BCUT2D eigenvalue weighted by Gasteiger charge is -2.35. The number of benzene rings is 3. The van der Waals surface area contributed by atoms with Crippen LogP contribution in [0, 0.1) is 0 Å². The summed E-state index contributed by atoms with van der Waals surface area (Å²) >= 11 is 11.8. The van der Waals surface area contributed by atoms with Crippen molar-refractivity contribution in [2.24, 2.45) is 0 Å². The molecule has 0 spiro atoms. The van der Waals surface area contributed by atoms with Crippen LogP contribution in [-0.4, -0.2) is 49.1 Å². The summed E-state index contributed by atoms with van der Waals surface area (Å²) in [6, 6.07) is 25.9. The number of hydrogen-bond acceptors (Lipinski definition) is 2. The Morgan fingerprint density at radius 2 is 1.34 bits per heavy atom. The minimum Gasteiger partial charge on any atom is -0.325 e. The van der Waals surface area contributed by atoms with Crippen molar-refractivity contribution < 1.29 is 4.79 Å². The number of nitrogens with zero attached hydrogens (tertiary/aromatic N) is 2. The quantitative estimate of drug-likeness (QED) is 0.452. The Balaban J connectivity index is 0.000000204. The zero-order valence-electron chi connectivity index (χ0n) is 18.5. The summed E-state index contributed by atoms with van der Waals surface area (Å²) in [5.74, 6) is 0. The van der Waals surface area contributed by atoms with Gasteiger partial charge in [-0.25, -0.2) is 4.79 Å². The smallest absolute Gasteiger partial charge is 0.321 e. The minimum atomic E-state index is -0.127. The predicted molar refractivity (Wildman–Crippen MR) is 136 cm³/mol. The Kier molecular flexibility index (Phi) is 8.98. The van der Waals surface area contributed by atoms with E-state index in [4.69, 9.17) is 23.2 Å². The van der Waals surface area contributed by atoms with Gasteiger partial charge in [0, 0.05) is 28.8 Å². The van der Waals surface area contributed by atoms with E-state index < -0.39 is 0 Å². The molecule has 1 fully saturated rings. The average Bonchev–Trinajstić information content (AvgIpc) is 2.80. The lowest BCUT2D eigenvalue weighted by Crippen LogP contribution is -2.46. The van der Waals surface area contributed by atoms with Gasteiger partial charge in [0.05, 0.1) is 0 Å². The van der Waals surface area contributed by atoms with Crippen LogP contribution >= 0.6 is 23.2 Å². The molecule has 1 aliphatic rings. The number of anilines is 1. The lowest BCUT2D eigenvalue weighted by atomic mass is 10.0. The molecule has 3 aromatic carbocycles. The third-order valence-electron chi connectivity index (χ3n) is 5.55. The van der Waals surface area contributed by atoms with E-state index in [0.29, 0.717) is 15.7 Å². The van der Waals surface area contributed by atoms with Gasteiger partial charge in [-0.2, -0.15) is 0 Å². The summed E-state index contributed by atoms with van der Waals surface area (Å²) in [6.07, 6.45) is 1.99. The Bertz CT molecular complexity index is 933. The van der Waals surface area contributed by atoms with Crippen LogP contribution in [0.1, 0.15) is 12.8 Å². The maximum absolute atomic E-state index is 12.2. The summed E-state index contributed by atoms with van der Waals surface area (Å²) < 4.78 is 0. The van der Waals surface area contributed by atoms with Gasteiger partial charge in [-0.15, -0.1) is 0 Å². The molecule has 4 nitrogen and oxygen atoms in total. The Labute approximate surface area is 200 Å². The van der Waals surface area contributed by atoms with Gasteiger partial charge in [-0.3, -0.25) is 0 Å². The monoisotopic (exact) mass is 469 g/mol. The first-order valence-electron chi connectivity index (χ1n) is 10.7. The summed E-state index contributed by atoms with van der Waals surface area (Å²) in [5, 5.41) is 3.85. The van der Waals surface area contributed by atoms with Crippen molar-refractivity contribution >= 4 is 34.9 Å². The molecule has 0 aromatic heterocycles. The van der Waals surface area contributed by atoms with Gasteiger partial charge < -0.3 is 15.1 Å². The van der Waals surface area contributed by atoms with Gasteiger partial charge in [0.1, 0.15) is 0 Å². The average molecular weight is 470 g/mol. The molecule has 168 valence electrons. The van der Waals surface area contributed by atoms with Gasteiger partial charge in [0.25, 0.3) is 0 Å². The summed E-state index contributed by atoms with van der Waals surface area (Å²) in [5.41, 5.74) is 3.17. The van der Waals surface area contributed by atoms with Crippen LogP contribution in [0.4, 0.5) is 10.5 Å². The zero-order valence-corrected chi connectivity index (χ0v) is 20.0. The summed E-state index contributed by atoms with van der Waals surface area (Å²) in [4.78, 5) is 16.3. The number of hydrogen-bond donors (Lipinski definition) is 1. The first-order chi connectivity index (χ1) is 15.4. The lowest BCUT2D eigenvalue weighted by molar-refractivity contribution is 0.156. The molecule has 0 bridgehead atoms. The molecule has 0 saturated carbocycles. The molecule has 0 aliphatic carbocycles. The number of nitrogens with one attached hydrogen (secondary N) is 1. The number of carbonyl (C=O) groups is 1. The van der Waals surface area contributed by atoms with E-state index in [0.717, 1.165) is 25.9 Å². The fraction of sp³-hybridized carbons (Fsp3) is 0.269. The van der Waals surface area contributed by atoms with Crippen LogP contribution < -0.4 is 5.32 Å². The molecule has 1 saturated heterocycles. The fourth-order valence-electron chi connectivity index (χ4n) is 3.65. The van der Waals surface area contributed by atoms with Crippen molar-refractivity contribution in [2.75, 3.05) is 32.5 Å². The highest BCUT2D eigenvalue weighted by Crippen LogP contribution is 2.23.